The van der Waals surface area contributed by atoms with E-state index in [4.69, 9.17) is 52.1 Å². The van der Waals surface area contributed by atoms with Gasteiger partial charge in [0.1, 0.15) is 42.7 Å². The Balaban J connectivity index is 1.76. The Morgan fingerprint density at radius 1 is 0.464 bits per heavy atom. The molecule has 1 aliphatic heterocycles. The van der Waals surface area contributed by atoms with Crippen LogP contribution >= 0.6 is 0 Å². The molecule has 1 heterocycles. The zero-order chi connectivity index (χ0) is 70.5. The van der Waals surface area contributed by atoms with Gasteiger partial charge in [0.25, 0.3) is 0 Å². The Labute approximate surface area is 576 Å². The van der Waals surface area contributed by atoms with Crippen LogP contribution in [-0.2, 0) is 76.1 Å². The Morgan fingerprint density at radius 2 is 0.876 bits per heavy atom. The van der Waals surface area contributed by atoms with Gasteiger partial charge in [0.2, 0.25) is 5.91 Å². The number of carbonyl (C=O) groups excluding carboxylic acids is 8. The summed E-state index contributed by atoms with van der Waals surface area (Å²) in [6.45, 7) is 10.1. The summed E-state index contributed by atoms with van der Waals surface area (Å²) in [6.07, 6.45) is 22.2. The lowest BCUT2D eigenvalue weighted by molar-refractivity contribution is -0.308. The molecule has 20 nitrogen and oxygen atoms in total. The van der Waals surface area contributed by atoms with Gasteiger partial charge in [-0.3, -0.25) is 4.79 Å². The fraction of sp³-hybridized carbons (Fsp3) is 0.636. The minimum absolute atomic E-state index is 0.0601. The largest absolute Gasteiger partial charge is 0.457 e. The molecule has 1 N–H and O–H groups in total. The van der Waals surface area contributed by atoms with E-state index in [2.05, 4.69) is 19.2 Å². The van der Waals surface area contributed by atoms with E-state index in [9.17, 15) is 38.4 Å². The third kappa shape index (κ3) is 37.0. The van der Waals surface area contributed by atoms with Crippen LogP contribution in [0.4, 0.5) is 0 Å². The lowest BCUT2D eigenvalue weighted by Crippen LogP contribution is -2.63. The van der Waals surface area contributed by atoms with Crippen molar-refractivity contribution in [3.05, 3.63) is 120 Å². The maximum Gasteiger partial charge on any atom is 0.344 e. The molecule has 7 atom stereocenters. The van der Waals surface area contributed by atoms with Gasteiger partial charge in [-0.25, -0.2) is 33.6 Å². The summed E-state index contributed by atoms with van der Waals surface area (Å²) in [6, 6.07) is 23.1. The molecule has 0 aromatic heterocycles. The SMILES string of the molecule is CCCCCCCCCCCCC/C=C/[C@@H](OC(=O)c1ccccc1)[C@H](CO[C@H]1O[C@H](COCC(=O)OCC(=O)OC(C)(C)C)[C@H](OCC(=O)OCC(=O)OC(C)(C)C)[C@H](OC(=O)c2ccccc2)[C@H]1OC(=O)c1ccccc1)NC(=O)CCCCCCCCCCCCCCC. The van der Waals surface area contributed by atoms with E-state index in [1.807, 2.05) is 6.08 Å². The lowest BCUT2D eigenvalue weighted by Gasteiger charge is -2.45. The maximum atomic E-state index is 14.4. The molecule has 1 amide bonds. The number of nitrogens with one attached hydrogen (secondary N) is 1. The Kier molecular flexibility index (Phi) is 40.7. The molecule has 540 valence electrons. The van der Waals surface area contributed by atoms with Gasteiger partial charge < -0.3 is 57.4 Å². The van der Waals surface area contributed by atoms with Crippen LogP contribution in [0.5, 0.6) is 0 Å². The predicted molar refractivity (Wildman–Crippen MR) is 368 cm³/mol. The van der Waals surface area contributed by atoms with Gasteiger partial charge >= 0.3 is 41.8 Å². The van der Waals surface area contributed by atoms with Crippen molar-refractivity contribution in [3.8, 4) is 0 Å². The summed E-state index contributed by atoms with van der Waals surface area (Å²) < 4.78 is 65.4. The summed E-state index contributed by atoms with van der Waals surface area (Å²) in [4.78, 5) is 109. The van der Waals surface area contributed by atoms with E-state index in [-0.39, 0.29) is 29.0 Å². The number of esters is 7. The van der Waals surface area contributed by atoms with Crippen molar-refractivity contribution in [1.29, 1.82) is 0 Å². The predicted octanol–water partition coefficient (Wildman–Crippen LogP) is 14.8. The van der Waals surface area contributed by atoms with Crippen LogP contribution in [0.15, 0.2) is 103 Å². The Bertz CT molecular complexity index is 2750. The van der Waals surface area contributed by atoms with Crippen LogP contribution in [0, 0.1) is 0 Å². The zero-order valence-corrected chi connectivity index (χ0v) is 59.2. The highest BCUT2D eigenvalue weighted by atomic mass is 16.7. The van der Waals surface area contributed by atoms with Gasteiger partial charge in [-0.05, 0) is 103 Å². The molecule has 0 bridgehead atoms. The molecule has 97 heavy (non-hydrogen) atoms. The molecule has 0 unspecified atom stereocenters. The van der Waals surface area contributed by atoms with E-state index in [1.165, 1.54) is 121 Å². The van der Waals surface area contributed by atoms with Crippen LogP contribution in [0.3, 0.4) is 0 Å². The molecule has 3 aromatic rings. The van der Waals surface area contributed by atoms with Crippen molar-refractivity contribution in [1.82, 2.24) is 5.32 Å². The fourth-order valence-electron chi connectivity index (χ4n) is 10.8. The van der Waals surface area contributed by atoms with Crippen molar-refractivity contribution in [2.75, 3.05) is 39.6 Å². The minimum atomic E-state index is -1.78. The number of hydrogen-bond acceptors (Lipinski definition) is 19. The third-order valence-corrected chi connectivity index (χ3v) is 15.8. The van der Waals surface area contributed by atoms with Crippen LogP contribution in [0.25, 0.3) is 0 Å². The van der Waals surface area contributed by atoms with E-state index in [0.717, 1.165) is 51.4 Å². The Morgan fingerprint density at radius 3 is 1.33 bits per heavy atom. The van der Waals surface area contributed by atoms with Crippen LogP contribution in [0.2, 0.25) is 0 Å². The molecule has 1 saturated heterocycles. The number of amides is 1. The average Bonchev–Trinajstić information content (AvgIpc) is 0.789. The van der Waals surface area contributed by atoms with E-state index >= 15 is 0 Å². The normalized spacial score (nSPS) is 16.9. The number of hydrogen-bond donors (Lipinski definition) is 1. The first kappa shape index (κ1) is 82.4. The van der Waals surface area contributed by atoms with Crippen LogP contribution < -0.4 is 5.32 Å². The Hall–Kier alpha value is -7.00. The molecule has 20 heteroatoms. The van der Waals surface area contributed by atoms with Crippen LogP contribution in [0.1, 0.15) is 253 Å². The zero-order valence-electron chi connectivity index (χ0n) is 59.2. The molecule has 4 rings (SSSR count). The van der Waals surface area contributed by atoms with Gasteiger partial charge in [0.15, 0.2) is 31.7 Å². The van der Waals surface area contributed by atoms with Crippen molar-refractivity contribution in [2.24, 2.45) is 0 Å². The second kappa shape index (κ2) is 47.9. The second-order valence-corrected chi connectivity index (χ2v) is 26.8. The average molecular weight is 1360 g/mol. The molecular weight excluding hydrogens is 1240 g/mol. The van der Waals surface area contributed by atoms with Gasteiger partial charge in [-0.1, -0.05) is 216 Å². The van der Waals surface area contributed by atoms with E-state index in [0.29, 0.717) is 12.8 Å². The minimum Gasteiger partial charge on any atom is -0.457 e. The number of benzene rings is 3. The quantitative estimate of drug-likeness (QED) is 0.0239. The summed E-state index contributed by atoms with van der Waals surface area (Å²) in [5, 5.41) is 3.10. The first-order valence-corrected chi connectivity index (χ1v) is 35.6. The molecule has 0 radical (unpaired) electrons. The highest BCUT2D eigenvalue weighted by molar-refractivity contribution is 5.91. The standard InChI is InChI=1S/C77H113NO19/c1-9-11-13-15-17-19-21-23-25-27-29-31-42-50-62(92-72(84)58-44-36-33-37-45-58)61(78-64(79)51-43-32-30-28-26-24-22-20-18-16-14-12-10-2)52-91-75-71(95-74(86)60-48-40-35-41-49-60)70(94-73(85)59-46-38-34-39-47-59)69(90-55-66(81)89-57-68(83)97-77(6,7)8)63(93-75)53-87-54-65(80)88-56-67(82)96-76(3,4)5/h33-42,44-50,61-63,69-71,75H,9-32,43,51-57H2,1-8H3,(H,78,79)/b50-42+/t61-,62+,63+,69-,70-,71+,75-/m0/s1. The first-order chi connectivity index (χ1) is 46.7. The number of ether oxygens (including phenoxy) is 11. The number of carbonyl (C=O) groups is 8. The maximum absolute atomic E-state index is 14.4. The number of rotatable bonds is 49. The molecule has 3 aromatic carbocycles. The summed E-state index contributed by atoms with van der Waals surface area (Å²) >= 11 is 0. The molecule has 0 saturated carbocycles. The van der Waals surface area contributed by atoms with E-state index in [1.54, 1.807) is 114 Å². The summed E-state index contributed by atoms with van der Waals surface area (Å²) in [7, 11) is 0. The molecule has 0 aliphatic carbocycles. The smallest absolute Gasteiger partial charge is 0.344 e. The fourth-order valence-corrected chi connectivity index (χ4v) is 10.8. The van der Waals surface area contributed by atoms with Crippen molar-refractivity contribution in [3.63, 3.8) is 0 Å². The number of allylic oxidation sites excluding steroid dienone is 1. The van der Waals surface area contributed by atoms with Gasteiger partial charge in [0.05, 0.1) is 35.9 Å². The highest BCUT2D eigenvalue weighted by Crippen LogP contribution is 2.32. The van der Waals surface area contributed by atoms with Crippen molar-refractivity contribution >= 4 is 47.7 Å². The van der Waals surface area contributed by atoms with E-state index < -0.39 is 135 Å². The summed E-state index contributed by atoms with van der Waals surface area (Å²) in [5.41, 5.74) is -1.38. The van der Waals surface area contributed by atoms with Gasteiger partial charge in [-0.15, -0.1) is 0 Å². The lowest BCUT2D eigenvalue weighted by atomic mass is 9.97. The summed E-state index contributed by atoms with van der Waals surface area (Å²) in [5.74, 6) is -6.59. The molecular formula is C77H113NO19. The molecule has 1 aliphatic rings. The van der Waals surface area contributed by atoms with Gasteiger partial charge in [0, 0.05) is 6.42 Å². The first-order valence-electron chi connectivity index (χ1n) is 35.6. The third-order valence-electron chi connectivity index (χ3n) is 15.8. The molecule has 1 fully saturated rings. The van der Waals surface area contributed by atoms with Crippen LogP contribution in [-0.4, -0.2) is 141 Å². The van der Waals surface area contributed by atoms with Crippen molar-refractivity contribution in [2.45, 2.75) is 276 Å². The monoisotopic (exact) mass is 1360 g/mol. The highest BCUT2D eigenvalue weighted by Gasteiger charge is 2.53. The van der Waals surface area contributed by atoms with Crippen molar-refractivity contribution < 1.29 is 90.5 Å². The van der Waals surface area contributed by atoms with Gasteiger partial charge in [-0.2, -0.15) is 0 Å². The number of unbranched alkanes of at least 4 members (excludes halogenated alkanes) is 23. The molecule has 0 spiro atoms. The topological polar surface area (TPSA) is 250 Å². The second-order valence-electron chi connectivity index (χ2n) is 26.8.